The number of pyridine rings is 1. The molecule has 1 amide bonds. The van der Waals surface area contributed by atoms with Gasteiger partial charge in [0.05, 0.1) is 17.6 Å². The topological polar surface area (TPSA) is 60.3 Å². The largest absolute Gasteiger partial charge is 0.497 e. The summed E-state index contributed by atoms with van der Waals surface area (Å²) in [6, 6.07) is 9.49. The lowest BCUT2D eigenvalue weighted by Crippen LogP contribution is -2.24. The van der Waals surface area contributed by atoms with Crippen molar-refractivity contribution in [3.05, 3.63) is 69.2 Å². The molecule has 0 atom stereocenters. The van der Waals surface area contributed by atoms with Crippen molar-refractivity contribution in [2.24, 2.45) is 0 Å². The van der Waals surface area contributed by atoms with Gasteiger partial charge in [-0.1, -0.05) is 11.6 Å². The fraction of sp³-hybridized carbons (Fsp3) is 0.200. The third-order valence-electron chi connectivity index (χ3n) is 4.61. The van der Waals surface area contributed by atoms with Gasteiger partial charge in [-0.15, -0.1) is 0 Å². The summed E-state index contributed by atoms with van der Waals surface area (Å²) < 4.78 is 20.9. The summed E-state index contributed by atoms with van der Waals surface area (Å²) in [5.74, 6) is -0.574. The predicted octanol–water partition coefficient (Wildman–Crippen LogP) is 4.39. The first-order valence-electron chi connectivity index (χ1n) is 8.47. The number of anilines is 1. The van der Waals surface area contributed by atoms with E-state index in [0.717, 1.165) is 18.9 Å². The molecule has 4 rings (SSSR count). The zero-order chi connectivity index (χ0) is 19.1. The lowest BCUT2D eigenvalue weighted by atomic mass is 10.1. The number of nitrogens with one attached hydrogen (secondary N) is 1. The molecule has 1 N–H and O–H groups in total. The SMILES string of the molecule is COc1ccc(NC(=O)c2cn(C3CC3)c3cc(Cl)c(F)cc3c2=O)cc1. The van der Waals surface area contributed by atoms with E-state index in [0.29, 0.717) is 17.0 Å². The van der Waals surface area contributed by atoms with Gasteiger partial charge in [0.2, 0.25) is 5.43 Å². The number of carbonyl (C=O) groups excluding carboxylic acids is 1. The van der Waals surface area contributed by atoms with Crippen LogP contribution in [-0.4, -0.2) is 17.6 Å². The molecule has 1 aliphatic rings. The van der Waals surface area contributed by atoms with Gasteiger partial charge < -0.3 is 14.6 Å². The van der Waals surface area contributed by atoms with E-state index >= 15 is 0 Å². The van der Waals surface area contributed by atoms with Crippen LogP contribution in [0.3, 0.4) is 0 Å². The number of rotatable bonds is 4. The quantitative estimate of drug-likeness (QED) is 0.723. The van der Waals surface area contributed by atoms with Gasteiger partial charge in [-0.2, -0.15) is 0 Å². The summed E-state index contributed by atoms with van der Waals surface area (Å²) in [5, 5.41) is 2.80. The van der Waals surface area contributed by atoms with E-state index in [4.69, 9.17) is 16.3 Å². The average molecular weight is 387 g/mol. The second-order valence-electron chi connectivity index (χ2n) is 6.48. The van der Waals surface area contributed by atoms with Crippen molar-refractivity contribution in [2.45, 2.75) is 18.9 Å². The molecule has 7 heteroatoms. The van der Waals surface area contributed by atoms with E-state index in [2.05, 4.69) is 5.32 Å². The van der Waals surface area contributed by atoms with E-state index in [1.165, 1.54) is 12.3 Å². The van der Waals surface area contributed by atoms with Crippen LogP contribution in [0.25, 0.3) is 10.9 Å². The van der Waals surface area contributed by atoms with Crippen molar-refractivity contribution >= 4 is 34.1 Å². The average Bonchev–Trinajstić information content (AvgIpc) is 3.49. The molecular formula is C20H16ClFN2O3. The molecule has 0 spiro atoms. The van der Waals surface area contributed by atoms with Crippen molar-refractivity contribution in [3.8, 4) is 5.75 Å². The van der Waals surface area contributed by atoms with Crippen LogP contribution in [0.4, 0.5) is 10.1 Å². The monoisotopic (exact) mass is 386 g/mol. The van der Waals surface area contributed by atoms with Crippen LogP contribution < -0.4 is 15.5 Å². The molecule has 1 fully saturated rings. The molecular weight excluding hydrogens is 371 g/mol. The molecule has 3 aromatic rings. The molecule has 2 aromatic carbocycles. The molecule has 0 aliphatic heterocycles. The number of halogens is 2. The second kappa shape index (κ2) is 6.70. The number of fused-ring (bicyclic) bond motifs is 1. The Kier molecular flexibility index (Phi) is 4.36. The van der Waals surface area contributed by atoms with Crippen LogP contribution in [0.15, 0.2) is 47.4 Å². The maximum Gasteiger partial charge on any atom is 0.261 e. The van der Waals surface area contributed by atoms with Crippen molar-refractivity contribution in [1.82, 2.24) is 4.57 Å². The fourth-order valence-corrected chi connectivity index (χ4v) is 3.19. The summed E-state index contributed by atoms with van der Waals surface area (Å²) in [6.07, 6.45) is 3.41. The van der Waals surface area contributed by atoms with Crippen LogP contribution in [0.1, 0.15) is 29.2 Å². The Balaban J connectivity index is 1.78. The van der Waals surface area contributed by atoms with Gasteiger partial charge >= 0.3 is 0 Å². The van der Waals surface area contributed by atoms with Gasteiger partial charge in [0.1, 0.15) is 17.1 Å². The van der Waals surface area contributed by atoms with Crippen molar-refractivity contribution < 1.29 is 13.9 Å². The normalized spacial score (nSPS) is 13.6. The number of ether oxygens (including phenoxy) is 1. The first-order valence-corrected chi connectivity index (χ1v) is 8.85. The highest BCUT2D eigenvalue weighted by Gasteiger charge is 2.27. The fourth-order valence-electron chi connectivity index (χ4n) is 3.03. The summed E-state index contributed by atoms with van der Waals surface area (Å²) >= 11 is 5.89. The second-order valence-corrected chi connectivity index (χ2v) is 6.88. The molecule has 27 heavy (non-hydrogen) atoms. The Hall–Kier alpha value is -2.86. The molecule has 0 unspecified atom stereocenters. The third-order valence-corrected chi connectivity index (χ3v) is 4.90. The van der Waals surface area contributed by atoms with Crippen molar-refractivity contribution in [2.75, 3.05) is 12.4 Å². The zero-order valence-electron chi connectivity index (χ0n) is 14.5. The van der Waals surface area contributed by atoms with Crippen LogP contribution in [0.5, 0.6) is 5.75 Å². The molecule has 1 aliphatic carbocycles. The number of aromatic nitrogens is 1. The molecule has 1 heterocycles. The van der Waals surface area contributed by atoms with E-state index < -0.39 is 17.2 Å². The number of benzene rings is 2. The lowest BCUT2D eigenvalue weighted by molar-refractivity contribution is 0.102. The Morgan fingerprint density at radius 3 is 2.59 bits per heavy atom. The van der Waals surface area contributed by atoms with Gasteiger partial charge in [0, 0.05) is 23.3 Å². The molecule has 5 nitrogen and oxygen atoms in total. The van der Waals surface area contributed by atoms with Gasteiger partial charge in [-0.3, -0.25) is 9.59 Å². The summed E-state index contributed by atoms with van der Waals surface area (Å²) in [4.78, 5) is 25.5. The van der Waals surface area contributed by atoms with E-state index in [-0.39, 0.29) is 22.0 Å². The highest BCUT2D eigenvalue weighted by molar-refractivity contribution is 6.31. The lowest BCUT2D eigenvalue weighted by Gasteiger charge is -2.13. The molecule has 0 radical (unpaired) electrons. The van der Waals surface area contributed by atoms with Crippen LogP contribution in [0.2, 0.25) is 5.02 Å². The number of methoxy groups -OCH3 is 1. The zero-order valence-corrected chi connectivity index (χ0v) is 15.2. The minimum Gasteiger partial charge on any atom is -0.497 e. The number of nitrogens with zero attached hydrogens (tertiary/aromatic N) is 1. The van der Waals surface area contributed by atoms with E-state index in [9.17, 15) is 14.0 Å². The maximum absolute atomic E-state index is 13.9. The van der Waals surface area contributed by atoms with Gasteiger partial charge in [-0.05, 0) is 49.2 Å². The summed E-state index contributed by atoms with van der Waals surface area (Å²) in [7, 11) is 1.55. The van der Waals surface area contributed by atoms with Gasteiger partial charge in [0.25, 0.3) is 5.91 Å². The molecule has 138 valence electrons. The number of hydrogen-bond donors (Lipinski definition) is 1. The number of carbonyl (C=O) groups is 1. The maximum atomic E-state index is 13.9. The van der Waals surface area contributed by atoms with Crippen LogP contribution in [0, 0.1) is 5.82 Å². The third kappa shape index (κ3) is 3.28. The Labute approximate surface area is 159 Å². The molecule has 1 saturated carbocycles. The molecule has 0 bridgehead atoms. The minimum atomic E-state index is -0.684. The Bertz CT molecular complexity index is 1100. The van der Waals surface area contributed by atoms with Crippen molar-refractivity contribution in [1.29, 1.82) is 0 Å². The smallest absolute Gasteiger partial charge is 0.261 e. The predicted molar refractivity (Wildman–Crippen MR) is 102 cm³/mol. The van der Waals surface area contributed by atoms with Crippen LogP contribution in [-0.2, 0) is 0 Å². The number of amides is 1. The van der Waals surface area contributed by atoms with E-state index in [1.54, 1.807) is 31.4 Å². The van der Waals surface area contributed by atoms with Gasteiger partial charge in [0.15, 0.2) is 0 Å². The van der Waals surface area contributed by atoms with Gasteiger partial charge in [-0.25, -0.2) is 4.39 Å². The number of hydrogen-bond acceptors (Lipinski definition) is 3. The minimum absolute atomic E-state index is 0.0352. The first kappa shape index (κ1) is 17.5. The standard InChI is InChI=1S/C20H16ClFN2O3/c1-27-13-6-2-11(3-7-13)23-20(26)15-10-24(12-4-5-12)18-9-16(21)17(22)8-14(18)19(15)25/h2-3,6-10,12H,4-5H2,1H3,(H,23,26). The Morgan fingerprint density at radius 2 is 1.96 bits per heavy atom. The molecule has 0 saturated heterocycles. The summed E-state index contributed by atoms with van der Waals surface area (Å²) in [6.45, 7) is 0. The van der Waals surface area contributed by atoms with Crippen molar-refractivity contribution in [3.63, 3.8) is 0 Å². The summed E-state index contributed by atoms with van der Waals surface area (Å²) in [5.41, 5.74) is 0.505. The van der Waals surface area contributed by atoms with E-state index in [1.807, 2.05) is 4.57 Å². The highest BCUT2D eigenvalue weighted by atomic mass is 35.5. The first-order chi connectivity index (χ1) is 13.0. The van der Waals surface area contributed by atoms with Crippen LogP contribution >= 0.6 is 11.6 Å². The highest BCUT2D eigenvalue weighted by Crippen LogP contribution is 2.37. The Morgan fingerprint density at radius 1 is 1.26 bits per heavy atom. The molecule has 1 aromatic heterocycles.